The Morgan fingerprint density at radius 3 is 2.56 bits per heavy atom. The molecule has 1 aromatic carbocycles. The van der Waals surface area contributed by atoms with Gasteiger partial charge >= 0.3 is 0 Å². The van der Waals surface area contributed by atoms with Gasteiger partial charge in [0.05, 0.1) is 6.04 Å². The van der Waals surface area contributed by atoms with Crippen LogP contribution in [0.5, 0.6) is 0 Å². The van der Waals surface area contributed by atoms with Crippen molar-refractivity contribution >= 4 is 0 Å². The van der Waals surface area contributed by atoms with Gasteiger partial charge in [-0.1, -0.05) is 6.92 Å². The van der Waals surface area contributed by atoms with E-state index in [4.69, 9.17) is 0 Å². The van der Waals surface area contributed by atoms with Crippen molar-refractivity contribution < 1.29 is 8.78 Å². The van der Waals surface area contributed by atoms with E-state index >= 15 is 0 Å². The summed E-state index contributed by atoms with van der Waals surface area (Å²) in [6, 6.07) is 6.71. The van der Waals surface area contributed by atoms with Gasteiger partial charge in [-0.15, -0.1) is 0 Å². The molecule has 2 rings (SSSR count). The molecule has 0 saturated carbocycles. The van der Waals surface area contributed by atoms with Gasteiger partial charge in [0.15, 0.2) is 0 Å². The van der Waals surface area contributed by atoms with E-state index in [1.54, 1.807) is 24.5 Å². The summed E-state index contributed by atoms with van der Waals surface area (Å²) in [5.41, 5.74) is 1.17. The first-order chi connectivity index (χ1) is 8.72. The predicted molar refractivity (Wildman–Crippen MR) is 66.1 cm³/mol. The normalized spacial score (nSPS) is 12.4. The molecule has 0 aliphatic rings. The van der Waals surface area contributed by atoms with Crippen LogP contribution in [0, 0.1) is 11.6 Å². The highest BCUT2D eigenvalue weighted by atomic mass is 19.1. The van der Waals surface area contributed by atoms with E-state index in [1.165, 1.54) is 6.07 Å². The van der Waals surface area contributed by atoms with Crippen LogP contribution in [-0.4, -0.2) is 11.5 Å². The van der Waals surface area contributed by atoms with Crippen LogP contribution in [0.4, 0.5) is 8.78 Å². The number of benzene rings is 1. The minimum atomic E-state index is -0.441. The van der Waals surface area contributed by atoms with Gasteiger partial charge in [0.2, 0.25) is 0 Å². The lowest BCUT2D eigenvalue weighted by Gasteiger charge is -2.19. The summed E-state index contributed by atoms with van der Waals surface area (Å²) in [5.74, 6) is -0.859. The van der Waals surface area contributed by atoms with Crippen LogP contribution in [0.15, 0.2) is 42.7 Å². The molecule has 0 saturated heterocycles. The van der Waals surface area contributed by atoms with Gasteiger partial charge in [0.25, 0.3) is 0 Å². The standard InChI is InChI=1S/C14H14F2N2/c1-2-18-14(10-5-7-17-8-6-10)12-9-11(15)3-4-13(12)16/h3-9,14,18H,2H2,1H3. The van der Waals surface area contributed by atoms with Crippen LogP contribution in [0.3, 0.4) is 0 Å². The first-order valence-corrected chi connectivity index (χ1v) is 5.80. The number of pyridine rings is 1. The average molecular weight is 248 g/mol. The molecule has 4 heteroatoms. The van der Waals surface area contributed by atoms with Gasteiger partial charge < -0.3 is 5.32 Å². The molecule has 0 amide bonds. The molecular weight excluding hydrogens is 234 g/mol. The average Bonchev–Trinajstić information content (AvgIpc) is 2.40. The van der Waals surface area contributed by atoms with Crippen LogP contribution < -0.4 is 5.32 Å². The van der Waals surface area contributed by atoms with Crippen LogP contribution in [0.2, 0.25) is 0 Å². The van der Waals surface area contributed by atoms with Gasteiger partial charge in [-0.25, -0.2) is 8.78 Å². The molecule has 1 aromatic heterocycles. The molecule has 18 heavy (non-hydrogen) atoms. The third-order valence-electron chi connectivity index (χ3n) is 2.72. The fourth-order valence-electron chi connectivity index (χ4n) is 1.90. The number of nitrogens with zero attached hydrogens (tertiary/aromatic N) is 1. The van der Waals surface area contributed by atoms with Gasteiger partial charge in [0, 0.05) is 18.0 Å². The van der Waals surface area contributed by atoms with Crippen LogP contribution in [0.1, 0.15) is 24.1 Å². The maximum atomic E-state index is 13.8. The van der Waals surface area contributed by atoms with Crippen LogP contribution >= 0.6 is 0 Å². The first kappa shape index (κ1) is 12.6. The molecule has 1 N–H and O–H groups in total. The summed E-state index contributed by atoms with van der Waals surface area (Å²) in [7, 11) is 0. The van der Waals surface area contributed by atoms with Crippen molar-refractivity contribution in [2.45, 2.75) is 13.0 Å². The Morgan fingerprint density at radius 2 is 1.89 bits per heavy atom. The van der Waals surface area contributed by atoms with Crippen LogP contribution in [-0.2, 0) is 0 Å². The van der Waals surface area contributed by atoms with Crippen molar-refractivity contribution in [2.24, 2.45) is 0 Å². The van der Waals surface area contributed by atoms with Crippen LogP contribution in [0.25, 0.3) is 0 Å². The van der Waals surface area contributed by atoms with Crippen molar-refractivity contribution in [2.75, 3.05) is 6.54 Å². The maximum Gasteiger partial charge on any atom is 0.128 e. The van der Waals surface area contributed by atoms with Gasteiger partial charge in [0.1, 0.15) is 11.6 Å². The highest BCUT2D eigenvalue weighted by Crippen LogP contribution is 2.24. The molecule has 0 aliphatic heterocycles. The Kier molecular flexibility index (Phi) is 3.99. The fraction of sp³-hybridized carbons (Fsp3) is 0.214. The summed E-state index contributed by atoms with van der Waals surface area (Å²) >= 11 is 0. The SMILES string of the molecule is CCNC(c1ccncc1)c1cc(F)ccc1F. The van der Waals surface area contributed by atoms with Crippen molar-refractivity contribution in [1.29, 1.82) is 0 Å². The maximum absolute atomic E-state index is 13.8. The van der Waals surface area contributed by atoms with Gasteiger partial charge in [-0.05, 0) is 42.4 Å². The quantitative estimate of drug-likeness (QED) is 0.899. The van der Waals surface area contributed by atoms with Crippen molar-refractivity contribution in [1.82, 2.24) is 10.3 Å². The number of nitrogens with one attached hydrogen (secondary N) is 1. The van der Waals surface area contributed by atoms with E-state index in [0.29, 0.717) is 12.1 Å². The largest absolute Gasteiger partial charge is 0.306 e. The molecule has 0 spiro atoms. The summed E-state index contributed by atoms with van der Waals surface area (Å²) in [6.45, 7) is 2.58. The van der Waals surface area contributed by atoms with Crippen molar-refractivity contribution in [3.8, 4) is 0 Å². The topological polar surface area (TPSA) is 24.9 Å². The highest BCUT2D eigenvalue weighted by Gasteiger charge is 2.17. The smallest absolute Gasteiger partial charge is 0.128 e. The number of aromatic nitrogens is 1. The number of hydrogen-bond acceptors (Lipinski definition) is 2. The Morgan fingerprint density at radius 1 is 1.17 bits per heavy atom. The lowest BCUT2D eigenvalue weighted by Crippen LogP contribution is -2.23. The lowest BCUT2D eigenvalue weighted by atomic mass is 9.99. The highest BCUT2D eigenvalue weighted by molar-refractivity contribution is 5.32. The van der Waals surface area contributed by atoms with Crippen molar-refractivity contribution in [3.05, 3.63) is 65.5 Å². The van der Waals surface area contributed by atoms with E-state index < -0.39 is 11.6 Å². The molecule has 0 bridgehead atoms. The first-order valence-electron chi connectivity index (χ1n) is 5.80. The summed E-state index contributed by atoms with van der Waals surface area (Å²) in [5, 5.41) is 3.15. The molecule has 0 aliphatic carbocycles. The van der Waals surface area contributed by atoms with E-state index in [0.717, 1.165) is 17.7 Å². The Balaban J connectivity index is 2.44. The molecule has 0 fully saturated rings. The third-order valence-corrected chi connectivity index (χ3v) is 2.72. The second-order valence-corrected chi connectivity index (χ2v) is 3.94. The fourth-order valence-corrected chi connectivity index (χ4v) is 1.90. The zero-order chi connectivity index (χ0) is 13.0. The number of rotatable bonds is 4. The lowest BCUT2D eigenvalue weighted by molar-refractivity contribution is 0.544. The van der Waals surface area contributed by atoms with E-state index in [1.807, 2.05) is 6.92 Å². The predicted octanol–water partition coefficient (Wildman–Crippen LogP) is 3.06. The zero-order valence-electron chi connectivity index (χ0n) is 10.0. The van der Waals surface area contributed by atoms with E-state index in [-0.39, 0.29) is 6.04 Å². The Hall–Kier alpha value is -1.81. The minimum Gasteiger partial charge on any atom is -0.306 e. The minimum absolute atomic E-state index is 0.308. The third kappa shape index (κ3) is 2.71. The molecule has 1 unspecified atom stereocenters. The molecule has 94 valence electrons. The molecule has 1 heterocycles. The van der Waals surface area contributed by atoms with Gasteiger partial charge in [-0.3, -0.25) is 4.98 Å². The number of halogens is 2. The second-order valence-electron chi connectivity index (χ2n) is 3.94. The molecular formula is C14H14F2N2. The molecule has 2 nitrogen and oxygen atoms in total. The van der Waals surface area contributed by atoms with Gasteiger partial charge in [-0.2, -0.15) is 0 Å². The second kappa shape index (κ2) is 5.69. The monoisotopic (exact) mass is 248 g/mol. The van der Waals surface area contributed by atoms with Crippen molar-refractivity contribution in [3.63, 3.8) is 0 Å². The summed E-state index contributed by atoms with van der Waals surface area (Å²) in [4.78, 5) is 3.93. The summed E-state index contributed by atoms with van der Waals surface area (Å²) < 4.78 is 27.1. The number of hydrogen-bond donors (Lipinski definition) is 1. The zero-order valence-corrected chi connectivity index (χ0v) is 10.0. The Labute approximate surface area is 105 Å². The molecule has 1 atom stereocenters. The molecule has 2 aromatic rings. The van der Waals surface area contributed by atoms with E-state index in [9.17, 15) is 8.78 Å². The molecule has 0 radical (unpaired) electrons. The summed E-state index contributed by atoms with van der Waals surface area (Å²) in [6.07, 6.45) is 3.27. The van der Waals surface area contributed by atoms with E-state index in [2.05, 4.69) is 10.3 Å². The Bertz CT molecular complexity index is 514.